The van der Waals surface area contributed by atoms with Crippen molar-refractivity contribution in [1.29, 1.82) is 0 Å². The highest BCUT2D eigenvalue weighted by Crippen LogP contribution is 2.50. The summed E-state index contributed by atoms with van der Waals surface area (Å²) in [6, 6.07) is 5.64. The lowest BCUT2D eigenvalue weighted by atomic mass is 10.1. The minimum Gasteiger partial charge on any atom is -0.457 e. The van der Waals surface area contributed by atoms with E-state index in [1.807, 2.05) is 18.2 Å². The van der Waals surface area contributed by atoms with E-state index in [4.69, 9.17) is 16.3 Å². The molecule has 1 saturated carbocycles. The maximum Gasteiger partial charge on any atom is 0.306 e. The average Bonchev–Trinajstić information content (AvgIpc) is 2.98. The third-order valence-corrected chi connectivity index (χ3v) is 5.97. The van der Waals surface area contributed by atoms with Crippen molar-refractivity contribution in [3.63, 3.8) is 0 Å². The minimum atomic E-state index is -3.07. The molecule has 1 fully saturated rings. The fourth-order valence-electron chi connectivity index (χ4n) is 3.31. The van der Waals surface area contributed by atoms with Crippen molar-refractivity contribution in [2.24, 2.45) is 5.41 Å². The van der Waals surface area contributed by atoms with Gasteiger partial charge in [0.05, 0.1) is 12.2 Å². The van der Waals surface area contributed by atoms with Crippen LogP contribution in [0.25, 0.3) is 0 Å². The monoisotopic (exact) mass is 342 g/mol. The van der Waals surface area contributed by atoms with Crippen LogP contribution >= 0.6 is 11.6 Å². The molecule has 120 valence electrons. The zero-order chi connectivity index (χ0) is 16.0. The molecule has 0 radical (unpaired) electrons. The van der Waals surface area contributed by atoms with Gasteiger partial charge in [-0.1, -0.05) is 23.7 Å². The van der Waals surface area contributed by atoms with Gasteiger partial charge in [0.25, 0.3) is 0 Å². The number of benzene rings is 1. The first-order chi connectivity index (χ1) is 10.3. The van der Waals surface area contributed by atoms with Crippen LogP contribution in [0.3, 0.4) is 0 Å². The van der Waals surface area contributed by atoms with Crippen LogP contribution in [0.5, 0.6) is 0 Å². The SMILES string of the molecule is CS(=O)(=O)CC1(CC(=O)O[C@H]2CCc3c(Cl)cccc32)CC1. The Morgan fingerprint density at radius 3 is 2.77 bits per heavy atom. The molecule has 1 aromatic rings. The van der Waals surface area contributed by atoms with E-state index in [9.17, 15) is 13.2 Å². The fourth-order valence-corrected chi connectivity index (χ4v) is 5.09. The van der Waals surface area contributed by atoms with E-state index in [1.54, 1.807) is 0 Å². The van der Waals surface area contributed by atoms with Gasteiger partial charge in [-0.2, -0.15) is 0 Å². The Balaban J connectivity index is 1.64. The van der Waals surface area contributed by atoms with E-state index >= 15 is 0 Å². The molecule has 2 aliphatic rings. The number of ether oxygens (including phenoxy) is 1. The summed E-state index contributed by atoms with van der Waals surface area (Å²) in [6.45, 7) is 0. The molecule has 1 atom stereocenters. The molecule has 2 aliphatic carbocycles. The molecule has 22 heavy (non-hydrogen) atoms. The lowest BCUT2D eigenvalue weighted by molar-refractivity contribution is -0.150. The van der Waals surface area contributed by atoms with Gasteiger partial charge >= 0.3 is 5.97 Å². The Hall–Kier alpha value is -1.07. The lowest BCUT2D eigenvalue weighted by Gasteiger charge is -2.17. The molecule has 6 heteroatoms. The molecule has 0 heterocycles. The van der Waals surface area contributed by atoms with E-state index in [0.717, 1.165) is 36.8 Å². The van der Waals surface area contributed by atoms with Crippen molar-refractivity contribution in [2.75, 3.05) is 12.0 Å². The van der Waals surface area contributed by atoms with Gasteiger partial charge in [0.2, 0.25) is 0 Å². The Morgan fingerprint density at radius 2 is 2.14 bits per heavy atom. The van der Waals surface area contributed by atoms with Gasteiger partial charge in [-0.15, -0.1) is 0 Å². The topological polar surface area (TPSA) is 60.4 Å². The first kappa shape index (κ1) is 15.8. The normalized spacial score (nSPS) is 22.2. The molecule has 0 aromatic heterocycles. The molecule has 0 unspecified atom stereocenters. The van der Waals surface area contributed by atoms with Gasteiger partial charge in [0.1, 0.15) is 15.9 Å². The van der Waals surface area contributed by atoms with Gasteiger partial charge < -0.3 is 4.74 Å². The molecule has 0 amide bonds. The summed E-state index contributed by atoms with van der Waals surface area (Å²) >= 11 is 6.15. The minimum absolute atomic E-state index is 0.0716. The Labute approximate surface area is 135 Å². The number of carbonyl (C=O) groups is 1. The molecule has 0 bridgehead atoms. The van der Waals surface area contributed by atoms with Gasteiger partial charge in [-0.3, -0.25) is 4.79 Å². The number of esters is 1. The first-order valence-corrected chi connectivity index (χ1v) is 9.86. The summed E-state index contributed by atoms with van der Waals surface area (Å²) in [5, 5.41) is 0.715. The van der Waals surface area contributed by atoms with Crippen molar-refractivity contribution < 1.29 is 17.9 Å². The second-order valence-corrected chi connectivity index (χ2v) is 9.12. The van der Waals surface area contributed by atoms with Crippen LogP contribution in [-0.2, 0) is 25.8 Å². The maximum atomic E-state index is 12.2. The zero-order valence-electron chi connectivity index (χ0n) is 12.5. The highest BCUT2D eigenvalue weighted by atomic mass is 35.5. The van der Waals surface area contributed by atoms with Gasteiger partial charge in [-0.25, -0.2) is 8.42 Å². The van der Waals surface area contributed by atoms with Crippen LogP contribution in [0.15, 0.2) is 18.2 Å². The summed E-state index contributed by atoms with van der Waals surface area (Å²) in [4.78, 5) is 12.2. The van der Waals surface area contributed by atoms with Crippen molar-refractivity contribution in [1.82, 2.24) is 0 Å². The van der Waals surface area contributed by atoms with Gasteiger partial charge in [0, 0.05) is 11.3 Å². The van der Waals surface area contributed by atoms with Crippen LogP contribution < -0.4 is 0 Å². The van der Waals surface area contributed by atoms with Crippen molar-refractivity contribution in [2.45, 2.75) is 38.2 Å². The Kier molecular flexibility index (Phi) is 3.98. The van der Waals surface area contributed by atoms with Crippen LogP contribution in [0.4, 0.5) is 0 Å². The number of hydrogen-bond donors (Lipinski definition) is 0. The summed E-state index contributed by atoms with van der Waals surface area (Å²) in [6.07, 6.45) is 4.26. The number of halogens is 1. The van der Waals surface area contributed by atoms with E-state index in [1.165, 1.54) is 6.26 Å². The third-order valence-electron chi connectivity index (χ3n) is 4.48. The average molecular weight is 343 g/mol. The molecular weight excluding hydrogens is 324 g/mol. The summed E-state index contributed by atoms with van der Waals surface area (Å²) in [5.41, 5.74) is 1.65. The predicted octanol–water partition coefficient (Wildman–Crippen LogP) is 3.09. The number of carbonyl (C=O) groups excluding carboxylic acids is 1. The van der Waals surface area contributed by atoms with Crippen LogP contribution in [0.2, 0.25) is 5.02 Å². The molecule has 0 aliphatic heterocycles. The smallest absolute Gasteiger partial charge is 0.306 e. The van der Waals surface area contributed by atoms with E-state index < -0.39 is 9.84 Å². The highest BCUT2D eigenvalue weighted by Gasteiger charge is 2.47. The quantitative estimate of drug-likeness (QED) is 0.771. The second-order valence-electron chi connectivity index (χ2n) is 6.57. The van der Waals surface area contributed by atoms with E-state index in [2.05, 4.69) is 0 Å². The van der Waals surface area contributed by atoms with Crippen molar-refractivity contribution in [3.05, 3.63) is 34.3 Å². The highest BCUT2D eigenvalue weighted by molar-refractivity contribution is 7.90. The maximum absolute atomic E-state index is 12.2. The molecule has 0 spiro atoms. The lowest BCUT2D eigenvalue weighted by Crippen LogP contribution is -2.21. The number of rotatable bonds is 5. The number of hydrogen-bond acceptors (Lipinski definition) is 4. The van der Waals surface area contributed by atoms with Crippen LogP contribution in [-0.4, -0.2) is 26.4 Å². The molecule has 4 nitrogen and oxygen atoms in total. The van der Waals surface area contributed by atoms with Crippen LogP contribution in [0.1, 0.15) is 42.9 Å². The molecule has 0 N–H and O–H groups in total. The zero-order valence-corrected chi connectivity index (χ0v) is 14.0. The standard InChI is InChI=1S/C16H19ClO4S/c1-22(19,20)10-16(7-8-16)9-15(18)21-14-6-5-11-12(14)3-2-4-13(11)17/h2-4,14H,5-10H2,1H3/t14-/m0/s1. The molecule has 0 saturated heterocycles. The number of fused-ring (bicyclic) bond motifs is 1. The van der Waals surface area contributed by atoms with Crippen molar-refractivity contribution >= 4 is 27.4 Å². The molecule has 3 rings (SSSR count). The Morgan fingerprint density at radius 1 is 1.41 bits per heavy atom. The molecule has 1 aromatic carbocycles. The Bertz CT molecular complexity index is 707. The van der Waals surface area contributed by atoms with Gasteiger partial charge in [0.15, 0.2) is 0 Å². The van der Waals surface area contributed by atoms with E-state index in [0.29, 0.717) is 5.02 Å². The van der Waals surface area contributed by atoms with E-state index in [-0.39, 0.29) is 29.7 Å². The molecular formula is C16H19ClO4S. The van der Waals surface area contributed by atoms with Crippen molar-refractivity contribution in [3.8, 4) is 0 Å². The second kappa shape index (κ2) is 5.53. The summed E-state index contributed by atoms with van der Waals surface area (Å²) in [7, 11) is -3.07. The predicted molar refractivity (Wildman–Crippen MR) is 84.6 cm³/mol. The first-order valence-electron chi connectivity index (χ1n) is 7.43. The largest absolute Gasteiger partial charge is 0.457 e. The fraction of sp³-hybridized carbons (Fsp3) is 0.562. The summed E-state index contributed by atoms with van der Waals surface area (Å²) in [5.74, 6) is -0.235. The van der Waals surface area contributed by atoms with Crippen LogP contribution in [0, 0.1) is 5.41 Å². The summed E-state index contributed by atoms with van der Waals surface area (Å²) < 4.78 is 28.5. The third kappa shape index (κ3) is 3.46. The van der Waals surface area contributed by atoms with Gasteiger partial charge in [-0.05, 0) is 48.3 Å². The number of sulfone groups is 1.